The second-order valence-electron chi connectivity index (χ2n) is 7.85. The van der Waals surface area contributed by atoms with Gasteiger partial charge in [0.25, 0.3) is 0 Å². The van der Waals surface area contributed by atoms with Crippen LogP contribution in [0.4, 0.5) is 0 Å². The molecule has 1 saturated heterocycles. The third kappa shape index (κ3) is 3.43. The first kappa shape index (κ1) is 17.7. The molecule has 5 nitrogen and oxygen atoms in total. The van der Waals surface area contributed by atoms with Gasteiger partial charge in [-0.2, -0.15) is 5.10 Å². The molecule has 1 aliphatic carbocycles. The highest BCUT2D eigenvalue weighted by atomic mass is 32.2. The van der Waals surface area contributed by atoms with Crippen LogP contribution >= 0.6 is 0 Å². The van der Waals surface area contributed by atoms with E-state index in [0.29, 0.717) is 11.5 Å². The lowest BCUT2D eigenvalue weighted by Gasteiger charge is -2.11. The topological polar surface area (TPSA) is 64.8 Å². The average molecular weight is 374 g/mol. The molecule has 1 unspecified atom stereocenters. The maximum atomic E-state index is 11.8. The molecule has 1 aromatic heterocycles. The molecule has 0 N–H and O–H groups in total. The first-order valence-corrected chi connectivity index (χ1v) is 11.5. The Bertz CT molecular complexity index is 870. The molecule has 2 fully saturated rings. The normalized spacial score (nSPS) is 23.2. The van der Waals surface area contributed by atoms with E-state index in [2.05, 4.69) is 31.2 Å². The monoisotopic (exact) mass is 373 g/mol. The summed E-state index contributed by atoms with van der Waals surface area (Å²) >= 11 is 0. The summed E-state index contributed by atoms with van der Waals surface area (Å²) in [6, 6.07) is 10.5. The van der Waals surface area contributed by atoms with Crippen molar-refractivity contribution >= 4 is 9.84 Å². The van der Waals surface area contributed by atoms with Gasteiger partial charge in [0.05, 0.1) is 16.9 Å². The molecule has 140 valence electrons. The van der Waals surface area contributed by atoms with Crippen LogP contribution in [-0.2, 0) is 28.2 Å². The number of rotatable bonds is 7. The maximum Gasteiger partial charge on any atom is 0.161 e. The molecular formula is C20H27N3O2S. The first-order valence-electron chi connectivity index (χ1n) is 9.72. The van der Waals surface area contributed by atoms with Crippen LogP contribution in [0.15, 0.2) is 30.3 Å². The molecule has 2 heterocycles. The Morgan fingerprint density at radius 2 is 2.00 bits per heavy atom. The zero-order valence-corrected chi connectivity index (χ0v) is 16.2. The Labute approximate surface area is 155 Å². The molecule has 1 aliphatic heterocycles. The van der Waals surface area contributed by atoms with E-state index >= 15 is 0 Å². The van der Waals surface area contributed by atoms with E-state index in [9.17, 15) is 8.42 Å². The summed E-state index contributed by atoms with van der Waals surface area (Å²) < 4.78 is 25.7. The van der Waals surface area contributed by atoms with Crippen molar-refractivity contribution in [1.29, 1.82) is 0 Å². The predicted molar refractivity (Wildman–Crippen MR) is 102 cm³/mol. The SMILES string of the molecule is CCCCn1nc(C2(c3ccccc3)CC2)nc1CC1CCS(=O)(=O)C1. The van der Waals surface area contributed by atoms with E-state index < -0.39 is 9.84 Å². The van der Waals surface area contributed by atoms with Crippen LogP contribution in [-0.4, -0.2) is 34.7 Å². The van der Waals surface area contributed by atoms with Crippen LogP contribution in [0, 0.1) is 5.92 Å². The summed E-state index contributed by atoms with van der Waals surface area (Å²) in [5, 5.41) is 4.89. The number of aromatic nitrogens is 3. The minimum Gasteiger partial charge on any atom is -0.250 e. The van der Waals surface area contributed by atoms with Gasteiger partial charge < -0.3 is 0 Å². The molecule has 1 saturated carbocycles. The van der Waals surface area contributed by atoms with Gasteiger partial charge in [-0.05, 0) is 37.2 Å². The number of aryl methyl sites for hydroxylation is 1. The summed E-state index contributed by atoms with van der Waals surface area (Å²) in [6.45, 7) is 3.04. The average Bonchev–Trinajstić information content (AvgIpc) is 3.24. The second kappa shape index (κ2) is 6.80. The van der Waals surface area contributed by atoms with Gasteiger partial charge >= 0.3 is 0 Å². The summed E-state index contributed by atoms with van der Waals surface area (Å²) in [5.74, 6) is 2.70. The minimum atomic E-state index is -2.86. The van der Waals surface area contributed by atoms with Crippen LogP contribution in [0.2, 0.25) is 0 Å². The zero-order chi connectivity index (χ0) is 18.2. The van der Waals surface area contributed by atoms with Crippen LogP contribution in [0.5, 0.6) is 0 Å². The number of unbranched alkanes of at least 4 members (excludes halogenated alkanes) is 1. The van der Waals surface area contributed by atoms with Crippen molar-refractivity contribution in [2.75, 3.05) is 11.5 Å². The summed E-state index contributed by atoms with van der Waals surface area (Å²) in [6.07, 6.45) is 5.83. The van der Waals surface area contributed by atoms with Gasteiger partial charge in [-0.15, -0.1) is 0 Å². The smallest absolute Gasteiger partial charge is 0.161 e. The molecule has 0 spiro atoms. The fraction of sp³-hybridized carbons (Fsp3) is 0.600. The number of hydrogen-bond donors (Lipinski definition) is 0. The van der Waals surface area contributed by atoms with E-state index in [-0.39, 0.29) is 11.3 Å². The van der Waals surface area contributed by atoms with E-state index in [1.165, 1.54) is 5.56 Å². The maximum absolute atomic E-state index is 11.8. The molecule has 4 rings (SSSR count). The molecular weight excluding hydrogens is 346 g/mol. The van der Waals surface area contributed by atoms with Gasteiger partial charge in [0.15, 0.2) is 15.7 Å². The number of benzene rings is 1. The van der Waals surface area contributed by atoms with Gasteiger partial charge in [-0.25, -0.2) is 18.1 Å². The predicted octanol–water partition coefficient (Wildman–Crippen LogP) is 3.14. The molecule has 0 bridgehead atoms. The Kier molecular flexibility index (Phi) is 4.63. The van der Waals surface area contributed by atoms with E-state index in [1.807, 2.05) is 10.7 Å². The fourth-order valence-corrected chi connectivity index (χ4v) is 5.89. The van der Waals surface area contributed by atoms with Crippen molar-refractivity contribution in [2.45, 2.75) is 57.4 Å². The second-order valence-corrected chi connectivity index (χ2v) is 10.1. The molecule has 26 heavy (non-hydrogen) atoms. The number of nitrogens with zero attached hydrogens (tertiary/aromatic N) is 3. The molecule has 0 amide bonds. The van der Waals surface area contributed by atoms with E-state index in [4.69, 9.17) is 10.1 Å². The highest BCUT2D eigenvalue weighted by Gasteiger charge is 2.49. The van der Waals surface area contributed by atoms with E-state index in [1.54, 1.807) is 0 Å². The molecule has 1 aromatic carbocycles. The van der Waals surface area contributed by atoms with Crippen molar-refractivity contribution in [1.82, 2.24) is 14.8 Å². The number of hydrogen-bond acceptors (Lipinski definition) is 4. The lowest BCUT2D eigenvalue weighted by molar-refractivity contribution is 0.499. The van der Waals surface area contributed by atoms with Crippen molar-refractivity contribution < 1.29 is 8.42 Å². The van der Waals surface area contributed by atoms with Crippen LogP contribution < -0.4 is 0 Å². The molecule has 2 aliphatic rings. The highest BCUT2D eigenvalue weighted by molar-refractivity contribution is 7.91. The lowest BCUT2D eigenvalue weighted by atomic mass is 9.95. The lowest BCUT2D eigenvalue weighted by Crippen LogP contribution is -2.13. The molecule has 0 radical (unpaired) electrons. The van der Waals surface area contributed by atoms with Crippen molar-refractivity contribution in [3.63, 3.8) is 0 Å². The minimum absolute atomic E-state index is 0.0325. The fourth-order valence-electron chi connectivity index (χ4n) is 4.03. The third-order valence-electron chi connectivity index (χ3n) is 5.77. The van der Waals surface area contributed by atoms with Gasteiger partial charge in [0.1, 0.15) is 5.82 Å². The largest absolute Gasteiger partial charge is 0.250 e. The Balaban J connectivity index is 1.62. The summed E-state index contributed by atoms with van der Waals surface area (Å²) in [7, 11) is -2.86. The molecule has 1 atom stereocenters. The van der Waals surface area contributed by atoms with Gasteiger partial charge in [0, 0.05) is 13.0 Å². The van der Waals surface area contributed by atoms with Crippen molar-refractivity contribution in [2.24, 2.45) is 5.92 Å². The van der Waals surface area contributed by atoms with Gasteiger partial charge in [0.2, 0.25) is 0 Å². The van der Waals surface area contributed by atoms with Crippen LogP contribution in [0.25, 0.3) is 0 Å². The highest BCUT2D eigenvalue weighted by Crippen LogP contribution is 2.52. The Hall–Kier alpha value is -1.69. The zero-order valence-electron chi connectivity index (χ0n) is 15.4. The summed E-state index contributed by atoms with van der Waals surface area (Å²) in [5.41, 5.74) is 1.26. The van der Waals surface area contributed by atoms with Crippen LogP contribution in [0.3, 0.4) is 0 Å². The molecule has 2 aromatic rings. The number of sulfone groups is 1. The van der Waals surface area contributed by atoms with Crippen molar-refractivity contribution in [3.05, 3.63) is 47.5 Å². The standard InChI is InChI=1S/C20H27N3O2S/c1-2-3-12-23-18(14-16-9-13-26(24,25)15-16)21-19(22-23)20(10-11-20)17-7-5-4-6-8-17/h4-8,16H,2-3,9-15H2,1H3. The van der Waals surface area contributed by atoms with E-state index in [0.717, 1.165) is 56.7 Å². The third-order valence-corrected chi connectivity index (χ3v) is 7.61. The van der Waals surface area contributed by atoms with Gasteiger partial charge in [-0.1, -0.05) is 43.7 Å². The van der Waals surface area contributed by atoms with Crippen molar-refractivity contribution in [3.8, 4) is 0 Å². The Morgan fingerprint density at radius 3 is 2.62 bits per heavy atom. The first-order chi connectivity index (χ1) is 12.5. The van der Waals surface area contributed by atoms with Crippen LogP contribution in [0.1, 0.15) is 56.2 Å². The molecule has 6 heteroatoms. The quantitative estimate of drug-likeness (QED) is 0.748. The van der Waals surface area contributed by atoms with Gasteiger partial charge in [-0.3, -0.25) is 0 Å². The summed E-state index contributed by atoms with van der Waals surface area (Å²) in [4.78, 5) is 4.94. The Morgan fingerprint density at radius 1 is 1.23 bits per heavy atom.